The van der Waals surface area contributed by atoms with Gasteiger partial charge in [-0.25, -0.2) is 4.39 Å². The van der Waals surface area contributed by atoms with Gasteiger partial charge in [0.2, 0.25) is 0 Å². The van der Waals surface area contributed by atoms with Crippen molar-refractivity contribution in [2.75, 3.05) is 13.1 Å². The minimum atomic E-state index is -0.469. The second-order valence-corrected chi connectivity index (χ2v) is 8.42. The number of hydrogen-bond acceptors (Lipinski definition) is 5. The number of benzene rings is 1. The van der Waals surface area contributed by atoms with Gasteiger partial charge in [-0.15, -0.1) is 11.3 Å². The summed E-state index contributed by atoms with van der Waals surface area (Å²) in [5.74, 6) is 0.00819. The molecular formula is C20H18ClFN4O2S. The highest BCUT2D eigenvalue weighted by atomic mass is 35.5. The van der Waals surface area contributed by atoms with Gasteiger partial charge in [0.25, 0.3) is 5.91 Å². The molecule has 150 valence electrons. The maximum Gasteiger partial charge on any atom is 0.261 e. The first-order valence-corrected chi connectivity index (χ1v) is 10.3. The predicted octanol–water partition coefficient (Wildman–Crippen LogP) is 4.55. The lowest BCUT2D eigenvalue weighted by Crippen LogP contribution is -2.27. The number of carbonyl (C=O) groups excluding carboxylic acids is 1. The molecule has 0 bridgehead atoms. The van der Waals surface area contributed by atoms with Gasteiger partial charge in [0.05, 0.1) is 15.8 Å². The number of carbonyl (C=O) groups is 1. The van der Waals surface area contributed by atoms with Gasteiger partial charge in [0.15, 0.2) is 5.76 Å². The van der Waals surface area contributed by atoms with Crippen molar-refractivity contribution in [1.29, 1.82) is 5.41 Å². The van der Waals surface area contributed by atoms with Crippen LogP contribution in [0.4, 0.5) is 4.39 Å². The molecule has 29 heavy (non-hydrogen) atoms. The van der Waals surface area contributed by atoms with E-state index in [1.807, 2.05) is 4.90 Å². The molecule has 1 aliphatic rings. The fourth-order valence-electron chi connectivity index (χ4n) is 3.21. The van der Waals surface area contributed by atoms with Gasteiger partial charge in [-0.1, -0.05) is 22.8 Å². The van der Waals surface area contributed by atoms with Crippen LogP contribution in [-0.2, 0) is 6.54 Å². The Labute approximate surface area is 175 Å². The molecule has 2 N–H and O–H groups in total. The number of aromatic nitrogens is 1. The summed E-state index contributed by atoms with van der Waals surface area (Å²) in [5, 5.41) is 14.9. The zero-order valence-electron chi connectivity index (χ0n) is 15.4. The molecule has 6 nitrogen and oxygen atoms in total. The molecule has 0 atom stereocenters. The van der Waals surface area contributed by atoms with E-state index in [0.717, 1.165) is 25.9 Å². The van der Waals surface area contributed by atoms with Crippen molar-refractivity contribution in [2.45, 2.75) is 19.4 Å². The Kier molecular flexibility index (Phi) is 5.64. The molecule has 9 heteroatoms. The maximum absolute atomic E-state index is 14.7. The van der Waals surface area contributed by atoms with Crippen LogP contribution in [0, 0.1) is 11.2 Å². The van der Waals surface area contributed by atoms with E-state index < -0.39 is 5.82 Å². The monoisotopic (exact) mass is 432 g/mol. The zero-order chi connectivity index (χ0) is 20.4. The minimum absolute atomic E-state index is 0.126. The van der Waals surface area contributed by atoms with Crippen molar-refractivity contribution in [1.82, 2.24) is 15.4 Å². The van der Waals surface area contributed by atoms with Crippen LogP contribution in [0.2, 0.25) is 4.34 Å². The largest absolute Gasteiger partial charge is 0.359 e. The summed E-state index contributed by atoms with van der Waals surface area (Å²) >= 11 is 7.02. The normalized spacial score (nSPS) is 13.7. The van der Waals surface area contributed by atoms with Crippen LogP contribution >= 0.6 is 22.9 Å². The highest BCUT2D eigenvalue weighted by Gasteiger charge is 2.19. The van der Waals surface area contributed by atoms with Gasteiger partial charge in [-0.3, -0.25) is 10.2 Å². The summed E-state index contributed by atoms with van der Waals surface area (Å²) in [6, 6.07) is 9.56. The van der Waals surface area contributed by atoms with E-state index in [-0.39, 0.29) is 18.0 Å². The number of likely N-dealkylation sites (tertiary alicyclic amines) is 1. The van der Waals surface area contributed by atoms with Crippen molar-refractivity contribution in [3.8, 4) is 11.3 Å². The molecule has 1 saturated heterocycles. The fourth-order valence-corrected chi connectivity index (χ4v) is 4.17. The number of nitrogens with one attached hydrogen (secondary N) is 2. The molecular weight excluding hydrogens is 415 g/mol. The number of nitrogens with zero attached hydrogens (tertiary/aromatic N) is 2. The Balaban J connectivity index is 1.43. The molecule has 0 saturated carbocycles. The molecule has 0 radical (unpaired) electrons. The molecule has 1 amide bonds. The van der Waals surface area contributed by atoms with E-state index in [4.69, 9.17) is 21.5 Å². The Morgan fingerprint density at radius 1 is 1.28 bits per heavy atom. The molecule has 0 spiro atoms. The standard InChI is InChI=1S/C20H18ClFN4O2S/c21-18-6-5-17(29-18)20(27)24-11-13-10-16(25-28-13)14-4-3-12(9-15(14)22)19(23)26-7-1-2-8-26/h3-6,9-10,23H,1-2,7-8,11H2,(H,24,27). The lowest BCUT2D eigenvalue weighted by molar-refractivity contribution is 0.0951. The summed E-state index contributed by atoms with van der Waals surface area (Å²) in [7, 11) is 0. The topological polar surface area (TPSA) is 82.2 Å². The summed E-state index contributed by atoms with van der Waals surface area (Å²) < 4.78 is 20.4. The number of amides is 1. The van der Waals surface area contributed by atoms with Crippen LogP contribution in [0.25, 0.3) is 11.3 Å². The SMILES string of the molecule is N=C(c1ccc(-c2cc(CNC(=O)c3ccc(Cl)s3)on2)c(F)c1)N1CCCC1. The third-order valence-electron chi connectivity index (χ3n) is 4.72. The summed E-state index contributed by atoms with van der Waals surface area (Å²) in [6.07, 6.45) is 2.11. The van der Waals surface area contributed by atoms with Gasteiger partial charge >= 0.3 is 0 Å². The van der Waals surface area contributed by atoms with Crippen molar-refractivity contribution in [3.05, 3.63) is 62.8 Å². The summed E-state index contributed by atoms with van der Waals surface area (Å²) in [5.41, 5.74) is 1.17. The van der Waals surface area contributed by atoms with Gasteiger partial charge < -0.3 is 14.7 Å². The molecule has 1 aliphatic heterocycles. The molecule has 0 unspecified atom stereocenters. The second kappa shape index (κ2) is 8.34. The van der Waals surface area contributed by atoms with Crippen molar-refractivity contribution < 1.29 is 13.7 Å². The summed E-state index contributed by atoms with van der Waals surface area (Å²) in [6.45, 7) is 1.79. The highest BCUT2D eigenvalue weighted by molar-refractivity contribution is 7.17. The van der Waals surface area contributed by atoms with Crippen LogP contribution in [0.3, 0.4) is 0 Å². The minimum Gasteiger partial charge on any atom is -0.359 e. The highest BCUT2D eigenvalue weighted by Crippen LogP contribution is 2.25. The molecule has 0 aliphatic carbocycles. The van der Waals surface area contributed by atoms with E-state index >= 15 is 0 Å². The number of rotatable bonds is 5. The van der Waals surface area contributed by atoms with E-state index in [1.54, 1.807) is 30.3 Å². The van der Waals surface area contributed by atoms with Gasteiger partial charge in [-0.05, 0) is 37.1 Å². The zero-order valence-corrected chi connectivity index (χ0v) is 16.9. The predicted molar refractivity (Wildman–Crippen MR) is 110 cm³/mol. The maximum atomic E-state index is 14.7. The number of hydrogen-bond donors (Lipinski definition) is 2. The molecule has 4 rings (SSSR count). The fraction of sp³-hybridized carbons (Fsp3) is 0.250. The second-order valence-electron chi connectivity index (χ2n) is 6.70. The lowest BCUT2D eigenvalue weighted by atomic mass is 10.1. The third-order valence-corrected chi connectivity index (χ3v) is 5.95. The third kappa shape index (κ3) is 4.33. The van der Waals surface area contributed by atoms with E-state index in [2.05, 4.69) is 10.5 Å². The summed E-state index contributed by atoms with van der Waals surface area (Å²) in [4.78, 5) is 14.5. The average molecular weight is 433 g/mol. The number of amidine groups is 1. The molecule has 3 heterocycles. The Morgan fingerprint density at radius 2 is 2.07 bits per heavy atom. The lowest BCUT2D eigenvalue weighted by Gasteiger charge is -2.18. The first kappa shape index (κ1) is 19.6. The molecule has 1 aromatic carbocycles. The van der Waals surface area contributed by atoms with Crippen molar-refractivity contribution >= 4 is 34.7 Å². The van der Waals surface area contributed by atoms with E-state index in [1.165, 1.54) is 17.4 Å². The quantitative estimate of drug-likeness (QED) is 0.458. The van der Waals surface area contributed by atoms with Gasteiger partial charge in [0, 0.05) is 30.3 Å². The van der Waals surface area contributed by atoms with Crippen molar-refractivity contribution in [3.63, 3.8) is 0 Å². The van der Waals surface area contributed by atoms with Crippen molar-refractivity contribution in [2.24, 2.45) is 0 Å². The van der Waals surface area contributed by atoms with Crippen LogP contribution in [0.1, 0.15) is 33.8 Å². The van der Waals surface area contributed by atoms with E-state index in [9.17, 15) is 9.18 Å². The molecule has 1 fully saturated rings. The number of thiophene rings is 1. The van der Waals surface area contributed by atoms with Gasteiger partial charge in [-0.2, -0.15) is 0 Å². The van der Waals surface area contributed by atoms with Crippen LogP contribution in [0.5, 0.6) is 0 Å². The number of halogens is 2. The average Bonchev–Trinajstić information content (AvgIpc) is 3.47. The molecule has 3 aromatic rings. The van der Waals surface area contributed by atoms with Crippen LogP contribution in [-0.4, -0.2) is 34.9 Å². The van der Waals surface area contributed by atoms with Crippen LogP contribution < -0.4 is 5.32 Å². The van der Waals surface area contributed by atoms with E-state index in [0.29, 0.717) is 32.1 Å². The first-order chi connectivity index (χ1) is 14.0. The molecule has 2 aromatic heterocycles. The Bertz CT molecular complexity index is 1060. The Morgan fingerprint density at radius 3 is 2.76 bits per heavy atom. The van der Waals surface area contributed by atoms with Gasteiger partial charge in [0.1, 0.15) is 17.3 Å². The Hall–Kier alpha value is -2.71. The smallest absolute Gasteiger partial charge is 0.261 e. The van der Waals surface area contributed by atoms with Crippen LogP contribution in [0.15, 0.2) is 40.9 Å². The first-order valence-electron chi connectivity index (χ1n) is 9.14.